The van der Waals surface area contributed by atoms with Crippen molar-refractivity contribution >= 4 is 17.5 Å². The molecule has 0 aromatic heterocycles. The smallest absolute Gasteiger partial charge is 0.263 e. The summed E-state index contributed by atoms with van der Waals surface area (Å²) in [7, 11) is 0. The molecule has 0 fully saturated rings. The van der Waals surface area contributed by atoms with Crippen molar-refractivity contribution in [3.63, 3.8) is 0 Å². The van der Waals surface area contributed by atoms with E-state index in [1.807, 2.05) is 31.2 Å². The molecule has 3 rings (SSSR count). The molecule has 0 aliphatic carbocycles. The third-order valence-electron chi connectivity index (χ3n) is 3.37. The van der Waals surface area contributed by atoms with Crippen molar-refractivity contribution in [1.82, 2.24) is 4.90 Å². The molecule has 1 aliphatic heterocycles. The maximum Gasteiger partial charge on any atom is 0.263 e. The van der Waals surface area contributed by atoms with Crippen LogP contribution in [0.3, 0.4) is 0 Å². The predicted molar refractivity (Wildman–Crippen MR) is 76.6 cm³/mol. The van der Waals surface area contributed by atoms with Gasteiger partial charge in [-0.2, -0.15) is 0 Å². The van der Waals surface area contributed by atoms with E-state index in [4.69, 9.17) is 0 Å². The van der Waals surface area contributed by atoms with E-state index in [1.165, 1.54) is 4.90 Å². The molecule has 0 radical (unpaired) electrons. The van der Waals surface area contributed by atoms with Crippen LogP contribution >= 0.6 is 0 Å². The number of carbonyl (C=O) groups excluding carboxylic acids is 2. The van der Waals surface area contributed by atoms with E-state index in [9.17, 15) is 9.59 Å². The quantitative estimate of drug-likeness (QED) is 0.869. The lowest BCUT2D eigenvalue weighted by atomic mass is 10.1. The second-order valence-corrected chi connectivity index (χ2v) is 4.78. The highest BCUT2D eigenvalue weighted by Gasteiger charge is 2.34. The number of nitrogens with zero attached hydrogens (tertiary/aromatic N) is 1. The molecule has 2 aromatic carbocycles. The van der Waals surface area contributed by atoms with Crippen LogP contribution in [-0.2, 0) is 0 Å². The van der Waals surface area contributed by atoms with Gasteiger partial charge >= 0.3 is 0 Å². The lowest BCUT2D eigenvalue weighted by Crippen LogP contribution is -2.34. The van der Waals surface area contributed by atoms with E-state index >= 15 is 0 Å². The fraction of sp³-hybridized carbons (Fsp3) is 0.125. The average Bonchev–Trinajstić information content (AvgIpc) is 2.71. The lowest BCUT2D eigenvalue weighted by Gasteiger charge is -2.15. The molecule has 0 atom stereocenters. The van der Waals surface area contributed by atoms with Crippen LogP contribution in [0.1, 0.15) is 26.3 Å². The van der Waals surface area contributed by atoms with Gasteiger partial charge in [0.05, 0.1) is 17.8 Å². The number of benzene rings is 2. The van der Waals surface area contributed by atoms with Gasteiger partial charge in [-0.05, 0) is 31.2 Å². The highest BCUT2D eigenvalue weighted by molar-refractivity contribution is 6.21. The molecule has 0 bridgehead atoms. The van der Waals surface area contributed by atoms with Gasteiger partial charge in [-0.1, -0.05) is 29.8 Å². The summed E-state index contributed by atoms with van der Waals surface area (Å²) in [6, 6.07) is 14.7. The molecule has 1 aliphatic rings. The van der Waals surface area contributed by atoms with E-state index in [1.54, 1.807) is 24.3 Å². The maximum atomic E-state index is 12.1. The zero-order valence-electron chi connectivity index (χ0n) is 11.1. The number of hydrogen-bond donors (Lipinski definition) is 1. The van der Waals surface area contributed by atoms with E-state index in [-0.39, 0.29) is 18.5 Å². The van der Waals surface area contributed by atoms with Crippen molar-refractivity contribution in [2.75, 3.05) is 12.0 Å². The molecule has 4 heteroatoms. The van der Waals surface area contributed by atoms with Crippen molar-refractivity contribution in [2.24, 2.45) is 0 Å². The molecule has 0 saturated carbocycles. The Bertz CT molecular complexity index is 642. The minimum Gasteiger partial charge on any atom is -0.367 e. The van der Waals surface area contributed by atoms with Gasteiger partial charge in [0.2, 0.25) is 0 Å². The third-order valence-corrected chi connectivity index (χ3v) is 3.37. The number of imide groups is 1. The second kappa shape index (κ2) is 4.81. The lowest BCUT2D eigenvalue weighted by molar-refractivity contribution is 0.0666. The molecule has 2 aromatic rings. The van der Waals surface area contributed by atoms with Crippen molar-refractivity contribution in [3.05, 3.63) is 65.2 Å². The molecule has 20 heavy (non-hydrogen) atoms. The molecule has 0 spiro atoms. The fourth-order valence-corrected chi connectivity index (χ4v) is 2.22. The first kappa shape index (κ1) is 12.4. The first-order valence-electron chi connectivity index (χ1n) is 6.42. The Balaban J connectivity index is 1.75. The first-order valence-corrected chi connectivity index (χ1v) is 6.42. The summed E-state index contributed by atoms with van der Waals surface area (Å²) >= 11 is 0. The van der Waals surface area contributed by atoms with Crippen molar-refractivity contribution in [2.45, 2.75) is 6.92 Å². The van der Waals surface area contributed by atoms with Gasteiger partial charge < -0.3 is 5.32 Å². The second-order valence-electron chi connectivity index (χ2n) is 4.78. The van der Waals surface area contributed by atoms with Gasteiger partial charge in [-0.15, -0.1) is 0 Å². The molecule has 1 N–H and O–H groups in total. The van der Waals surface area contributed by atoms with Crippen molar-refractivity contribution in [3.8, 4) is 0 Å². The van der Waals surface area contributed by atoms with E-state index in [0.717, 1.165) is 11.3 Å². The minimum atomic E-state index is -0.245. The monoisotopic (exact) mass is 266 g/mol. The molecular formula is C16H14N2O2. The maximum absolute atomic E-state index is 12.1. The van der Waals surface area contributed by atoms with Crippen LogP contribution in [0.5, 0.6) is 0 Å². The Kier molecular flexibility index (Phi) is 2.99. The van der Waals surface area contributed by atoms with Crippen LogP contribution in [0.2, 0.25) is 0 Å². The van der Waals surface area contributed by atoms with E-state index in [2.05, 4.69) is 5.32 Å². The summed E-state index contributed by atoms with van der Waals surface area (Å²) in [5, 5.41) is 3.09. The normalized spacial score (nSPS) is 13.6. The number of fused-ring (bicyclic) bond motifs is 1. The largest absolute Gasteiger partial charge is 0.367 e. The summed E-state index contributed by atoms with van der Waals surface area (Å²) in [6.07, 6.45) is 0. The Morgan fingerprint density at radius 1 is 0.900 bits per heavy atom. The van der Waals surface area contributed by atoms with Crippen molar-refractivity contribution in [1.29, 1.82) is 0 Å². The Labute approximate surface area is 117 Å². The summed E-state index contributed by atoms with van der Waals surface area (Å²) in [6.45, 7) is 2.18. The van der Waals surface area contributed by atoms with Crippen LogP contribution in [0.4, 0.5) is 5.69 Å². The molecule has 4 nitrogen and oxygen atoms in total. The number of hydrogen-bond acceptors (Lipinski definition) is 3. The van der Waals surface area contributed by atoms with Gasteiger partial charge in [0.1, 0.15) is 0 Å². The number of aryl methyl sites for hydroxylation is 1. The number of carbonyl (C=O) groups is 2. The van der Waals surface area contributed by atoms with Crippen LogP contribution in [-0.4, -0.2) is 23.4 Å². The highest BCUT2D eigenvalue weighted by Crippen LogP contribution is 2.22. The van der Waals surface area contributed by atoms with E-state index < -0.39 is 0 Å². The first-order chi connectivity index (χ1) is 9.66. The minimum absolute atomic E-state index is 0.176. The topological polar surface area (TPSA) is 49.4 Å². The summed E-state index contributed by atoms with van der Waals surface area (Å²) in [4.78, 5) is 25.5. The molecule has 2 amide bonds. The molecule has 0 saturated heterocycles. The summed E-state index contributed by atoms with van der Waals surface area (Å²) in [5.41, 5.74) is 3.00. The predicted octanol–water partition coefficient (Wildman–Crippen LogP) is 2.66. The summed E-state index contributed by atoms with van der Waals surface area (Å²) < 4.78 is 0. The number of nitrogens with one attached hydrogen (secondary N) is 1. The van der Waals surface area contributed by atoms with Gasteiger partial charge in [0.15, 0.2) is 0 Å². The number of amides is 2. The Morgan fingerprint density at radius 2 is 1.45 bits per heavy atom. The van der Waals surface area contributed by atoms with Crippen LogP contribution in [0.15, 0.2) is 48.5 Å². The molecule has 1 heterocycles. The van der Waals surface area contributed by atoms with Crippen LogP contribution in [0.25, 0.3) is 0 Å². The molecule has 0 unspecified atom stereocenters. The zero-order valence-corrected chi connectivity index (χ0v) is 11.1. The molecular weight excluding hydrogens is 252 g/mol. The van der Waals surface area contributed by atoms with Gasteiger partial charge in [-0.3, -0.25) is 14.5 Å². The van der Waals surface area contributed by atoms with E-state index in [0.29, 0.717) is 11.1 Å². The summed E-state index contributed by atoms with van der Waals surface area (Å²) in [5.74, 6) is -0.490. The number of rotatable bonds is 3. The number of anilines is 1. The zero-order chi connectivity index (χ0) is 14.1. The van der Waals surface area contributed by atoms with Crippen molar-refractivity contribution < 1.29 is 9.59 Å². The Morgan fingerprint density at radius 3 is 2.00 bits per heavy atom. The third kappa shape index (κ3) is 2.05. The highest BCUT2D eigenvalue weighted by atomic mass is 16.2. The standard InChI is InChI=1S/C16H14N2O2/c1-11-6-8-12(9-7-11)17-10-18-15(19)13-4-2-3-5-14(13)16(18)20/h2-9,17H,10H2,1H3. The average molecular weight is 266 g/mol. The Hall–Kier alpha value is -2.62. The van der Waals surface area contributed by atoms with Crippen LogP contribution < -0.4 is 5.32 Å². The van der Waals surface area contributed by atoms with Gasteiger partial charge in [0.25, 0.3) is 11.8 Å². The SMILES string of the molecule is Cc1ccc(NCN2C(=O)c3ccccc3C2=O)cc1. The molecule has 100 valence electrons. The van der Waals surface area contributed by atoms with Crippen LogP contribution in [0, 0.1) is 6.92 Å². The fourth-order valence-electron chi connectivity index (χ4n) is 2.22. The van der Waals surface area contributed by atoms with Gasteiger partial charge in [-0.25, -0.2) is 0 Å². The van der Waals surface area contributed by atoms with Gasteiger partial charge in [0, 0.05) is 5.69 Å².